The molecule has 0 bridgehead atoms. The number of alkyl halides is 3. The highest BCUT2D eigenvalue weighted by Crippen LogP contribution is 2.26. The lowest BCUT2D eigenvalue weighted by atomic mass is 10.1. The van der Waals surface area contributed by atoms with E-state index in [0.29, 0.717) is 10.8 Å². The second kappa shape index (κ2) is 5.59. The lowest BCUT2D eigenvalue weighted by Gasteiger charge is -2.18. The minimum Gasteiger partial charge on any atom is -0.477 e. The Morgan fingerprint density at radius 2 is 2.05 bits per heavy atom. The van der Waals surface area contributed by atoms with Crippen LogP contribution in [0.2, 0.25) is 0 Å². The molecule has 1 aromatic heterocycles. The quantitative estimate of drug-likeness (QED) is 0.903. The lowest BCUT2D eigenvalue weighted by molar-refractivity contribution is -0.136. The molecule has 2 rings (SSSR count). The molecule has 7 heteroatoms. The summed E-state index contributed by atoms with van der Waals surface area (Å²) in [4.78, 5) is 14.9. The third-order valence-electron chi connectivity index (χ3n) is 2.88. The van der Waals surface area contributed by atoms with Crippen molar-refractivity contribution in [2.24, 2.45) is 0 Å². The number of aromatic carboxylic acids is 1. The molecule has 21 heavy (non-hydrogen) atoms. The Labute approximate surface area is 118 Å². The molecular weight excluding hydrogens is 285 g/mol. The number of carbonyl (C=O) groups is 1. The molecule has 0 fully saturated rings. The van der Waals surface area contributed by atoms with Gasteiger partial charge < -0.3 is 10.4 Å². The Hall–Kier alpha value is -2.31. The normalized spacial score (nSPS) is 13.1. The van der Waals surface area contributed by atoms with Crippen molar-refractivity contribution in [1.29, 1.82) is 0 Å². The van der Waals surface area contributed by atoms with Gasteiger partial charge in [0.05, 0.1) is 6.42 Å². The molecule has 1 aromatic carbocycles. The summed E-state index contributed by atoms with van der Waals surface area (Å²) in [6, 6.07) is 7.27. The van der Waals surface area contributed by atoms with Gasteiger partial charge in [-0.3, -0.25) is 0 Å². The predicted octanol–water partition coefficient (Wildman–Crippen LogP) is 3.69. The van der Waals surface area contributed by atoms with Gasteiger partial charge >= 0.3 is 12.1 Å². The highest BCUT2D eigenvalue weighted by Gasteiger charge is 2.30. The number of benzene rings is 1. The number of halogens is 3. The van der Waals surface area contributed by atoms with Crippen LogP contribution in [0.15, 0.2) is 30.3 Å². The van der Waals surface area contributed by atoms with Crippen LogP contribution in [0.25, 0.3) is 10.8 Å². The molecule has 1 heterocycles. The largest absolute Gasteiger partial charge is 0.477 e. The zero-order valence-electron chi connectivity index (χ0n) is 11.1. The highest BCUT2D eigenvalue weighted by molar-refractivity contribution is 5.97. The molecule has 0 radical (unpaired) electrons. The summed E-state index contributed by atoms with van der Waals surface area (Å²) in [6.07, 6.45) is -5.33. The number of hydrogen-bond acceptors (Lipinski definition) is 3. The van der Waals surface area contributed by atoms with Gasteiger partial charge in [0.15, 0.2) is 5.69 Å². The molecule has 0 aliphatic carbocycles. The van der Waals surface area contributed by atoms with E-state index in [-0.39, 0.29) is 11.5 Å². The number of hydrogen-bond donors (Lipinski definition) is 2. The van der Waals surface area contributed by atoms with E-state index >= 15 is 0 Å². The molecule has 0 aliphatic rings. The summed E-state index contributed by atoms with van der Waals surface area (Å²) in [5, 5.41) is 12.8. The van der Waals surface area contributed by atoms with Crippen LogP contribution < -0.4 is 5.32 Å². The second-order valence-corrected chi connectivity index (χ2v) is 4.75. The zero-order valence-corrected chi connectivity index (χ0v) is 11.1. The average molecular weight is 298 g/mol. The van der Waals surface area contributed by atoms with E-state index in [1.807, 2.05) is 0 Å². The molecule has 0 aliphatic heterocycles. The van der Waals surface area contributed by atoms with Gasteiger partial charge in [0, 0.05) is 11.4 Å². The van der Waals surface area contributed by atoms with Crippen molar-refractivity contribution in [3.05, 3.63) is 36.0 Å². The first-order valence-corrected chi connectivity index (χ1v) is 6.22. The van der Waals surface area contributed by atoms with Crippen LogP contribution in [0.5, 0.6) is 0 Å². The Morgan fingerprint density at radius 3 is 2.67 bits per heavy atom. The van der Waals surface area contributed by atoms with Crippen molar-refractivity contribution in [2.45, 2.75) is 25.6 Å². The smallest absolute Gasteiger partial charge is 0.391 e. The maximum absolute atomic E-state index is 12.4. The fraction of sp³-hybridized carbons (Fsp3) is 0.286. The Balaban J connectivity index is 2.39. The molecule has 0 saturated heterocycles. The van der Waals surface area contributed by atoms with E-state index in [1.165, 1.54) is 13.0 Å². The molecule has 0 saturated carbocycles. The van der Waals surface area contributed by atoms with Crippen molar-refractivity contribution in [3.8, 4) is 0 Å². The van der Waals surface area contributed by atoms with Crippen LogP contribution in [0.1, 0.15) is 23.8 Å². The number of carboxylic acid groups (broad SMARTS) is 1. The summed E-state index contributed by atoms with van der Waals surface area (Å²) in [6.45, 7) is 1.37. The Bertz CT molecular complexity index is 671. The molecule has 0 amide bonds. The SMILES string of the molecule is CC(CC(F)(F)F)Nc1nc(C(=O)O)cc2ccccc12. The Kier molecular flexibility index (Phi) is 4.02. The van der Waals surface area contributed by atoms with Crippen LogP contribution >= 0.6 is 0 Å². The predicted molar refractivity (Wildman–Crippen MR) is 72.5 cm³/mol. The van der Waals surface area contributed by atoms with E-state index < -0.39 is 24.6 Å². The van der Waals surface area contributed by atoms with Gasteiger partial charge in [-0.1, -0.05) is 24.3 Å². The molecule has 2 N–H and O–H groups in total. The topological polar surface area (TPSA) is 62.2 Å². The minimum atomic E-state index is -4.30. The van der Waals surface area contributed by atoms with Gasteiger partial charge in [-0.25, -0.2) is 9.78 Å². The lowest BCUT2D eigenvalue weighted by Crippen LogP contribution is -2.24. The van der Waals surface area contributed by atoms with E-state index in [9.17, 15) is 18.0 Å². The average Bonchev–Trinajstić information content (AvgIpc) is 2.36. The van der Waals surface area contributed by atoms with Gasteiger partial charge in [-0.2, -0.15) is 13.2 Å². The molecular formula is C14H13F3N2O2. The van der Waals surface area contributed by atoms with Crippen molar-refractivity contribution in [2.75, 3.05) is 5.32 Å². The standard InChI is InChI=1S/C14H13F3N2O2/c1-8(7-14(15,16)17)18-12-10-5-3-2-4-9(10)6-11(19-12)13(20)21/h2-6,8H,7H2,1H3,(H,18,19)(H,20,21). The van der Waals surface area contributed by atoms with Gasteiger partial charge in [-0.15, -0.1) is 0 Å². The van der Waals surface area contributed by atoms with Crippen LogP contribution in [0.4, 0.5) is 19.0 Å². The second-order valence-electron chi connectivity index (χ2n) is 4.75. The third kappa shape index (κ3) is 3.84. The zero-order chi connectivity index (χ0) is 15.6. The monoisotopic (exact) mass is 298 g/mol. The molecule has 1 atom stereocenters. The van der Waals surface area contributed by atoms with Gasteiger partial charge in [-0.05, 0) is 18.4 Å². The Morgan fingerprint density at radius 1 is 1.38 bits per heavy atom. The van der Waals surface area contributed by atoms with Crippen molar-refractivity contribution < 1.29 is 23.1 Å². The summed E-state index contributed by atoms with van der Waals surface area (Å²) < 4.78 is 37.1. The first-order chi connectivity index (χ1) is 9.76. The highest BCUT2D eigenvalue weighted by atomic mass is 19.4. The van der Waals surface area contributed by atoms with Crippen LogP contribution in [-0.2, 0) is 0 Å². The fourth-order valence-corrected chi connectivity index (χ4v) is 2.05. The van der Waals surface area contributed by atoms with Gasteiger partial charge in [0.25, 0.3) is 0 Å². The maximum atomic E-state index is 12.4. The third-order valence-corrected chi connectivity index (χ3v) is 2.88. The number of aromatic nitrogens is 1. The number of nitrogens with one attached hydrogen (secondary N) is 1. The fourth-order valence-electron chi connectivity index (χ4n) is 2.05. The van der Waals surface area contributed by atoms with Crippen LogP contribution in [0, 0.1) is 0 Å². The van der Waals surface area contributed by atoms with Crippen molar-refractivity contribution >= 4 is 22.6 Å². The summed E-state index contributed by atoms with van der Waals surface area (Å²) in [5.74, 6) is -1.09. The summed E-state index contributed by atoms with van der Waals surface area (Å²) >= 11 is 0. The molecule has 112 valence electrons. The van der Waals surface area contributed by atoms with E-state index in [1.54, 1.807) is 24.3 Å². The number of fused-ring (bicyclic) bond motifs is 1. The van der Waals surface area contributed by atoms with Gasteiger partial charge in [0.2, 0.25) is 0 Å². The first kappa shape index (κ1) is 15.1. The van der Waals surface area contributed by atoms with Crippen LogP contribution in [-0.4, -0.2) is 28.3 Å². The van der Waals surface area contributed by atoms with Gasteiger partial charge in [0.1, 0.15) is 5.82 Å². The van der Waals surface area contributed by atoms with E-state index in [0.717, 1.165) is 0 Å². The number of anilines is 1. The first-order valence-electron chi connectivity index (χ1n) is 6.22. The van der Waals surface area contributed by atoms with Crippen molar-refractivity contribution in [1.82, 2.24) is 4.98 Å². The molecule has 4 nitrogen and oxygen atoms in total. The number of rotatable bonds is 4. The summed E-state index contributed by atoms with van der Waals surface area (Å²) in [7, 11) is 0. The van der Waals surface area contributed by atoms with Crippen LogP contribution in [0.3, 0.4) is 0 Å². The maximum Gasteiger partial charge on any atom is 0.391 e. The number of pyridine rings is 1. The molecule has 2 aromatic rings. The number of carboxylic acids is 1. The number of nitrogens with zero attached hydrogens (tertiary/aromatic N) is 1. The van der Waals surface area contributed by atoms with E-state index in [4.69, 9.17) is 5.11 Å². The van der Waals surface area contributed by atoms with E-state index in [2.05, 4.69) is 10.3 Å². The van der Waals surface area contributed by atoms with Crippen molar-refractivity contribution in [3.63, 3.8) is 0 Å². The summed E-state index contributed by atoms with van der Waals surface area (Å²) in [5.41, 5.74) is -0.213. The molecule has 0 spiro atoms. The molecule has 1 unspecified atom stereocenters. The minimum absolute atomic E-state index is 0.141.